The van der Waals surface area contributed by atoms with Crippen LogP contribution < -0.4 is 0 Å². The van der Waals surface area contributed by atoms with Crippen LogP contribution in [0.4, 0.5) is 0 Å². The molecule has 0 aliphatic heterocycles. The third kappa shape index (κ3) is 1.93. The average molecular weight is 234 g/mol. The second-order valence-corrected chi connectivity index (χ2v) is 4.69. The first-order valence-corrected chi connectivity index (χ1v) is 6.21. The van der Waals surface area contributed by atoms with Crippen molar-refractivity contribution in [2.24, 2.45) is 0 Å². The maximum Gasteiger partial charge on any atom is 0.153 e. The molecule has 0 aliphatic carbocycles. The van der Waals surface area contributed by atoms with Crippen LogP contribution >= 0.6 is 11.3 Å². The van der Waals surface area contributed by atoms with Crippen LogP contribution in [0.25, 0.3) is 10.6 Å². The van der Waals surface area contributed by atoms with Crippen molar-refractivity contribution in [3.8, 4) is 10.6 Å². The lowest BCUT2D eigenvalue weighted by molar-refractivity contribution is 0.112. The van der Waals surface area contributed by atoms with Crippen LogP contribution in [-0.2, 0) is 13.0 Å². The zero-order valence-corrected chi connectivity index (χ0v) is 10.3. The van der Waals surface area contributed by atoms with E-state index < -0.39 is 0 Å². The van der Waals surface area contributed by atoms with Crippen molar-refractivity contribution in [3.63, 3.8) is 0 Å². The van der Waals surface area contributed by atoms with Crippen LogP contribution in [0.15, 0.2) is 18.3 Å². The molecule has 3 nitrogen and oxygen atoms in total. The summed E-state index contributed by atoms with van der Waals surface area (Å²) in [4.78, 5) is 13.4. The van der Waals surface area contributed by atoms with E-state index >= 15 is 0 Å². The van der Waals surface area contributed by atoms with Crippen LogP contribution in [0.3, 0.4) is 0 Å². The van der Waals surface area contributed by atoms with E-state index in [0.29, 0.717) is 5.56 Å². The second kappa shape index (κ2) is 4.61. The van der Waals surface area contributed by atoms with Gasteiger partial charge in [-0.1, -0.05) is 6.92 Å². The number of carbonyl (C=O) groups is 1. The Labute approximate surface area is 98.7 Å². The molecular formula is C12H14N2OS. The van der Waals surface area contributed by atoms with E-state index in [1.807, 2.05) is 13.0 Å². The summed E-state index contributed by atoms with van der Waals surface area (Å²) in [6, 6.07) is 4.14. The van der Waals surface area contributed by atoms with E-state index in [-0.39, 0.29) is 0 Å². The molecule has 0 radical (unpaired) electrons. The highest BCUT2D eigenvalue weighted by atomic mass is 32.1. The van der Waals surface area contributed by atoms with E-state index in [1.165, 1.54) is 4.88 Å². The molecule has 4 heteroatoms. The summed E-state index contributed by atoms with van der Waals surface area (Å²) >= 11 is 1.70. The number of thiophene rings is 1. The zero-order valence-electron chi connectivity index (χ0n) is 9.43. The Morgan fingerprint density at radius 3 is 2.81 bits per heavy atom. The highest BCUT2D eigenvalue weighted by Crippen LogP contribution is 2.29. The molecule has 2 heterocycles. The molecule has 0 aliphatic rings. The summed E-state index contributed by atoms with van der Waals surface area (Å²) in [6.07, 6.45) is 3.70. The summed E-state index contributed by atoms with van der Waals surface area (Å²) in [5.74, 6) is 0. The van der Waals surface area contributed by atoms with Gasteiger partial charge in [-0.3, -0.25) is 9.48 Å². The van der Waals surface area contributed by atoms with Gasteiger partial charge in [0.2, 0.25) is 0 Å². The number of hydrogen-bond acceptors (Lipinski definition) is 3. The van der Waals surface area contributed by atoms with Gasteiger partial charge in [-0.25, -0.2) is 0 Å². The van der Waals surface area contributed by atoms with Crippen molar-refractivity contribution < 1.29 is 4.79 Å². The first kappa shape index (κ1) is 11.1. The van der Waals surface area contributed by atoms with Crippen molar-refractivity contribution in [3.05, 3.63) is 28.8 Å². The molecule has 16 heavy (non-hydrogen) atoms. The van der Waals surface area contributed by atoms with Gasteiger partial charge in [-0.15, -0.1) is 11.3 Å². The van der Waals surface area contributed by atoms with E-state index in [0.717, 1.165) is 29.8 Å². The van der Waals surface area contributed by atoms with Gasteiger partial charge in [-0.05, 0) is 25.5 Å². The van der Waals surface area contributed by atoms with Gasteiger partial charge >= 0.3 is 0 Å². The number of hydrogen-bond donors (Lipinski definition) is 0. The molecule has 0 amide bonds. The quantitative estimate of drug-likeness (QED) is 0.762. The number of nitrogens with zero attached hydrogens (tertiary/aromatic N) is 2. The molecule has 84 valence electrons. The Balaban J connectivity index is 2.45. The van der Waals surface area contributed by atoms with Crippen molar-refractivity contribution >= 4 is 17.6 Å². The monoisotopic (exact) mass is 234 g/mol. The standard InChI is InChI=1S/C12H14N2OS/c1-3-10-5-6-11(16-10)12-9(8-15)7-14(4-2)13-12/h5-8H,3-4H2,1-2H3. The van der Waals surface area contributed by atoms with Gasteiger partial charge in [0.1, 0.15) is 5.69 Å². The SMILES string of the molecule is CCc1ccc(-c2nn(CC)cc2C=O)s1. The fraction of sp³-hybridized carbons (Fsp3) is 0.333. The third-order valence-electron chi connectivity index (χ3n) is 2.48. The van der Waals surface area contributed by atoms with E-state index in [1.54, 1.807) is 22.2 Å². The molecule has 0 spiro atoms. The molecule has 0 N–H and O–H groups in total. The first-order valence-electron chi connectivity index (χ1n) is 5.40. The summed E-state index contributed by atoms with van der Waals surface area (Å²) in [7, 11) is 0. The first-order chi connectivity index (χ1) is 7.78. The van der Waals surface area contributed by atoms with E-state index in [9.17, 15) is 4.79 Å². The largest absolute Gasteiger partial charge is 0.298 e. The highest BCUT2D eigenvalue weighted by molar-refractivity contribution is 7.15. The Bertz CT molecular complexity index is 499. The molecule has 2 aromatic rings. The van der Waals surface area contributed by atoms with Gasteiger partial charge in [0, 0.05) is 17.6 Å². The topological polar surface area (TPSA) is 34.9 Å². The molecule has 0 aromatic carbocycles. The lowest BCUT2D eigenvalue weighted by atomic mass is 10.2. The fourth-order valence-electron chi connectivity index (χ4n) is 1.57. The van der Waals surface area contributed by atoms with Crippen LogP contribution in [0, 0.1) is 0 Å². The maximum absolute atomic E-state index is 11.0. The normalized spacial score (nSPS) is 10.6. The minimum atomic E-state index is 0.673. The Hall–Kier alpha value is -1.42. The van der Waals surface area contributed by atoms with Crippen molar-refractivity contribution in [2.45, 2.75) is 26.8 Å². The predicted octanol–water partition coefficient (Wildman–Crippen LogP) is 3.01. The molecular weight excluding hydrogens is 220 g/mol. The van der Waals surface area contributed by atoms with Gasteiger partial charge in [0.15, 0.2) is 6.29 Å². The molecule has 0 unspecified atom stereocenters. The Morgan fingerprint density at radius 1 is 1.44 bits per heavy atom. The molecule has 2 rings (SSSR count). The van der Waals surface area contributed by atoms with Gasteiger partial charge in [0.25, 0.3) is 0 Å². The van der Waals surface area contributed by atoms with E-state index in [4.69, 9.17) is 0 Å². The van der Waals surface area contributed by atoms with Crippen molar-refractivity contribution in [2.75, 3.05) is 0 Å². The smallest absolute Gasteiger partial charge is 0.153 e. The van der Waals surface area contributed by atoms with Crippen LogP contribution in [-0.4, -0.2) is 16.1 Å². The number of rotatable bonds is 4. The number of aldehydes is 1. The van der Waals surface area contributed by atoms with E-state index in [2.05, 4.69) is 18.1 Å². The molecule has 0 fully saturated rings. The number of aromatic nitrogens is 2. The minimum Gasteiger partial charge on any atom is -0.298 e. The summed E-state index contributed by atoms with van der Waals surface area (Å²) in [5, 5.41) is 4.41. The van der Waals surface area contributed by atoms with Gasteiger partial charge in [0.05, 0.1) is 10.4 Å². The van der Waals surface area contributed by atoms with Gasteiger partial charge in [-0.2, -0.15) is 5.10 Å². The molecule has 0 bridgehead atoms. The zero-order chi connectivity index (χ0) is 11.5. The molecule has 2 aromatic heterocycles. The summed E-state index contributed by atoms with van der Waals surface area (Å²) < 4.78 is 1.80. The molecule has 0 saturated heterocycles. The third-order valence-corrected chi connectivity index (χ3v) is 3.72. The lowest BCUT2D eigenvalue weighted by Crippen LogP contribution is -1.93. The molecule has 0 saturated carbocycles. The molecule has 0 atom stereocenters. The number of carbonyl (C=O) groups excluding carboxylic acids is 1. The second-order valence-electron chi connectivity index (χ2n) is 3.53. The lowest BCUT2D eigenvalue weighted by Gasteiger charge is -1.92. The van der Waals surface area contributed by atoms with Gasteiger partial charge < -0.3 is 0 Å². The predicted molar refractivity (Wildman–Crippen MR) is 66.0 cm³/mol. The number of aryl methyl sites for hydroxylation is 2. The Kier molecular flexibility index (Phi) is 3.19. The van der Waals surface area contributed by atoms with Crippen LogP contribution in [0.1, 0.15) is 29.1 Å². The maximum atomic E-state index is 11.0. The minimum absolute atomic E-state index is 0.673. The van der Waals surface area contributed by atoms with Crippen molar-refractivity contribution in [1.82, 2.24) is 9.78 Å². The van der Waals surface area contributed by atoms with Crippen molar-refractivity contribution in [1.29, 1.82) is 0 Å². The Morgan fingerprint density at radius 2 is 2.25 bits per heavy atom. The summed E-state index contributed by atoms with van der Waals surface area (Å²) in [5.41, 5.74) is 1.48. The van der Waals surface area contributed by atoms with Crippen LogP contribution in [0.5, 0.6) is 0 Å². The fourth-order valence-corrected chi connectivity index (χ4v) is 2.53. The average Bonchev–Trinajstić information content (AvgIpc) is 2.94. The highest BCUT2D eigenvalue weighted by Gasteiger charge is 2.11. The van der Waals surface area contributed by atoms with Crippen LogP contribution in [0.2, 0.25) is 0 Å². The summed E-state index contributed by atoms with van der Waals surface area (Å²) in [6.45, 7) is 4.92.